The third kappa shape index (κ3) is 3.53. The van der Waals surface area contributed by atoms with Gasteiger partial charge in [0.15, 0.2) is 5.82 Å². The van der Waals surface area contributed by atoms with Crippen molar-refractivity contribution < 1.29 is 9.13 Å². The first-order valence-electron chi connectivity index (χ1n) is 10.4. The zero-order chi connectivity index (χ0) is 22.2. The summed E-state index contributed by atoms with van der Waals surface area (Å²) in [5.41, 5.74) is 3.98. The van der Waals surface area contributed by atoms with Gasteiger partial charge in [-0.25, -0.2) is 14.2 Å². The molecule has 4 aromatic rings. The molecule has 32 heavy (non-hydrogen) atoms. The SMILES string of the molecule is COc1cc(/C=C2\CCCn3c2nc(=O)n3-c2ccc(F)cc2)ccc1-n1cnc(C)c1. The van der Waals surface area contributed by atoms with Crippen LogP contribution in [0.2, 0.25) is 0 Å². The Hall–Kier alpha value is -3.94. The number of hydrogen-bond acceptors (Lipinski definition) is 4. The van der Waals surface area contributed by atoms with Gasteiger partial charge in [-0.05, 0) is 73.4 Å². The highest BCUT2D eigenvalue weighted by Gasteiger charge is 2.22. The lowest BCUT2D eigenvalue weighted by atomic mass is 10.0. The lowest BCUT2D eigenvalue weighted by molar-refractivity contribution is 0.413. The molecule has 1 aliphatic heterocycles. The predicted molar refractivity (Wildman–Crippen MR) is 120 cm³/mol. The highest BCUT2D eigenvalue weighted by molar-refractivity contribution is 5.80. The molecule has 2 aromatic heterocycles. The van der Waals surface area contributed by atoms with Crippen LogP contribution in [0.15, 0.2) is 59.8 Å². The summed E-state index contributed by atoms with van der Waals surface area (Å²) in [7, 11) is 1.64. The quantitative estimate of drug-likeness (QED) is 0.490. The zero-order valence-electron chi connectivity index (χ0n) is 17.8. The molecule has 162 valence electrons. The van der Waals surface area contributed by atoms with Gasteiger partial charge in [-0.15, -0.1) is 0 Å². The van der Waals surface area contributed by atoms with E-state index in [4.69, 9.17) is 4.74 Å². The lowest BCUT2D eigenvalue weighted by Gasteiger charge is -2.20. The first-order valence-corrected chi connectivity index (χ1v) is 10.4. The standard InChI is InChI=1S/C24H22FN5O2/c1-16-14-28(15-26-16)21-10-5-17(13-22(21)32-2)12-18-4-3-11-29-23(18)27-24(31)30(29)20-8-6-19(25)7-9-20/h5-10,12-15H,3-4,11H2,1-2H3/b18-12+. The molecule has 1 aliphatic rings. The highest BCUT2D eigenvalue weighted by atomic mass is 19.1. The van der Waals surface area contributed by atoms with E-state index in [1.54, 1.807) is 25.6 Å². The van der Waals surface area contributed by atoms with Crippen LogP contribution in [0, 0.1) is 12.7 Å². The van der Waals surface area contributed by atoms with Gasteiger partial charge in [-0.1, -0.05) is 6.07 Å². The summed E-state index contributed by atoms with van der Waals surface area (Å²) in [6, 6.07) is 11.8. The number of fused-ring (bicyclic) bond motifs is 1. The van der Waals surface area contributed by atoms with E-state index >= 15 is 0 Å². The second-order valence-corrected chi connectivity index (χ2v) is 7.76. The van der Waals surface area contributed by atoms with Crippen LogP contribution >= 0.6 is 0 Å². The van der Waals surface area contributed by atoms with Gasteiger partial charge in [-0.3, -0.25) is 4.68 Å². The number of allylic oxidation sites excluding steroid dienone is 1. The van der Waals surface area contributed by atoms with Crippen LogP contribution in [0.3, 0.4) is 0 Å². The molecular weight excluding hydrogens is 409 g/mol. The van der Waals surface area contributed by atoms with Gasteiger partial charge in [0.2, 0.25) is 0 Å². The van der Waals surface area contributed by atoms with Crippen LogP contribution in [-0.2, 0) is 6.54 Å². The number of imidazole rings is 1. The first-order chi connectivity index (χ1) is 15.5. The molecule has 0 aliphatic carbocycles. The molecule has 8 heteroatoms. The number of hydrogen-bond donors (Lipinski definition) is 0. The van der Waals surface area contributed by atoms with Gasteiger partial charge < -0.3 is 9.30 Å². The largest absolute Gasteiger partial charge is 0.495 e. The van der Waals surface area contributed by atoms with Crippen molar-refractivity contribution in [2.45, 2.75) is 26.3 Å². The van der Waals surface area contributed by atoms with Crippen LogP contribution in [0.4, 0.5) is 4.39 Å². The Labute approximate surface area is 184 Å². The summed E-state index contributed by atoms with van der Waals surface area (Å²) < 4.78 is 24.3. The topological polar surface area (TPSA) is 66.9 Å². The van der Waals surface area contributed by atoms with Crippen molar-refractivity contribution in [2.75, 3.05) is 7.11 Å². The van der Waals surface area contributed by atoms with Gasteiger partial charge in [0.25, 0.3) is 0 Å². The number of ether oxygens (including phenoxy) is 1. The molecule has 0 atom stereocenters. The maximum absolute atomic E-state index is 13.3. The fourth-order valence-electron chi connectivity index (χ4n) is 4.09. The Kier molecular flexibility index (Phi) is 4.97. The molecule has 3 heterocycles. The van der Waals surface area contributed by atoms with Crippen LogP contribution in [0.5, 0.6) is 5.75 Å². The van der Waals surface area contributed by atoms with Gasteiger partial charge in [-0.2, -0.15) is 9.67 Å². The minimum absolute atomic E-state index is 0.344. The number of aromatic nitrogens is 5. The second-order valence-electron chi connectivity index (χ2n) is 7.76. The van der Waals surface area contributed by atoms with Crippen molar-refractivity contribution >= 4 is 11.6 Å². The fraction of sp³-hybridized carbons (Fsp3) is 0.208. The van der Waals surface area contributed by atoms with Crippen molar-refractivity contribution in [2.24, 2.45) is 0 Å². The summed E-state index contributed by atoms with van der Waals surface area (Å²) in [4.78, 5) is 21.3. The number of rotatable bonds is 4. The average Bonchev–Trinajstić information content (AvgIpc) is 3.37. The molecule has 0 saturated carbocycles. The molecule has 0 N–H and O–H groups in total. The Balaban J connectivity index is 1.55. The third-order valence-electron chi connectivity index (χ3n) is 5.58. The van der Waals surface area contributed by atoms with E-state index in [1.807, 2.05) is 46.6 Å². The minimum Gasteiger partial charge on any atom is -0.495 e. The van der Waals surface area contributed by atoms with Gasteiger partial charge in [0.05, 0.1) is 30.5 Å². The molecule has 0 bridgehead atoms. The van der Waals surface area contributed by atoms with Crippen LogP contribution < -0.4 is 10.4 Å². The Morgan fingerprint density at radius 1 is 1.16 bits per heavy atom. The van der Waals surface area contributed by atoms with E-state index in [0.717, 1.165) is 41.1 Å². The number of methoxy groups -OCH3 is 1. The van der Waals surface area contributed by atoms with E-state index in [1.165, 1.54) is 16.8 Å². The van der Waals surface area contributed by atoms with Crippen molar-refractivity contribution in [3.05, 3.63) is 88.4 Å². The normalized spacial score (nSPS) is 14.5. The minimum atomic E-state index is -0.372. The van der Waals surface area contributed by atoms with Crippen LogP contribution in [-0.4, -0.2) is 31.0 Å². The summed E-state index contributed by atoms with van der Waals surface area (Å²) in [6.07, 6.45) is 7.42. The maximum Gasteiger partial charge on any atom is 0.369 e. The maximum atomic E-state index is 13.3. The van der Waals surface area contributed by atoms with Gasteiger partial charge in [0, 0.05) is 12.7 Å². The Morgan fingerprint density at radius 3 is 2.69 bits per heavy atom. The van der Waals surface area contributed by atoms with E-state index in [-0.39, 0.29) is 11.5 Å². The molecule has 0 amide bonds. The molecule has 0 radical (unpaired) electrons. The fourth-order valence-corrected chi connectivity index (χ4v) is 4.09. The lowest BCUT2D eigenvalue weighted by Crippen LogP contribution is -2.23. The molecule has 0 saturated heterocycles. The molecule has 0 fully saturated rings. The zero-order valence-corrected chi connectivity index (χ0v) is 17.8. The molecule has 0 spiro atoms. The van der Waals surface area contributed by atoms with E-state index in [9.17, 15) is 9.18 Å². The highest BCUT2D eigenvalue weighted by Crippen LogP contribution is 2.30. The molecule has 0 unspecified atom stereocenters. The number of halogens is 1. The van der Waals surface area contributed by atoms with Crippen LogP contribution in [0.25, 0.3) is 23.0 Å². The van der Waals surface area contributed by atoms with Crippen molar-refractivity contribution in [1.29, 1.82) is 0 Å². The summed E-state index contributed by atoms with van der Waals surface area (Å²) >= 11 is 0. The summed E-state index contributed by atoms with van der Waals surface area (Å²) in [5.74, 6) is 1.02. The summed E-state index contributed by atoms with van der Waals surface area (Å²) in [6.45, 7) is 2.61. The molecular formula is C24H22FN5O2. The number of aryl methyl sites for hydroxylation is 1. The number of nitrogens with zero attached hydrogens (tertiary/aromatic N) is 5. The molecule has 7 nitrogen and oxygen atoms in total. The average molecular weight is 431 g/mol. The first kappa shape index (κ1) is 20.0. The van der Waals surface area contributed by atoms with Crippen molar-refractivity contribution in [3.63, 3.8) is 0 Å². The van der Waals surface area contributed by atoms with E-state index < -0.39 is 0 Å². The van der Waals surface area contributed by atoms with Crippen molar-refractivity contribution in [3.8, 4) is 17.1 Å². The third-order valence-corrected chi connectivity index (χ3v) is 5.58. The smallest absolute Gasteiger partial charge is 0.369 e. The summed E-state index contributed by atoms with van der Waals surface area (Å²) in [5, 5.41) is 0. The molecule has 2 aromatic carbocycles. The Bertz CT molecular complexity index is 1380. The Morgan fingerprint density at radius 2 is 1.97 bits per heavy atom. The molecule has 5 rings (SSSR count). The van der Waals surface area contributed by atoms with Crippen LogP contribution in [0.1, 0.15) is 29.9 Å². The van der Waals surface area contributed by atoms with Gasteiger partial charge in [0.1, 0.15) is 11.6 Å². The second kappa shape index (κ2) is 7.96. The predicted octanol–water partition coefficient (Wildman–Crippen LogP) is 4.01. The number of benzene rings is 2. The monoisotopic (exact) mass is 431 g/mol. The van der Waals surface area contributed by atoms with E-state index in [2.05, 4.69) is 9.97 Å². The van der Waals surface area contributed by atoms with Gasteiger partial charge >= 0.3 is 5.69 Å². The van der Waals surface area contributed by atoms with Crippen molar-refractivity contribution in [1.82, 2.24) is 23.9 Å². The van der Waals surface area contributed by atoms with E-state index in [0.29, 0.717) is 18.1 Å².